The van der Waals surface area contributed by atoms with Crippen LogP contribution < -0.4 is 10.6 Å². The smallest absolute Gasteiger partial charge is 0.171 e. The molecule has 19 heavy (non-hydrogen) atoms. The molecule has 0 bridgehead atoms. The summed E-state index contributed by atoms with van der Waals surface area (Å²) in [6, 6.07) is 8.54. The number of aryl methyl sites for hydroxylation is 1. The minimum Gasteiger partial charge on any atom is -0.467 e. The summed E-state index contributed by atoms with van der Waals surface area (Å²) in [5.74, 6) is 0.533. The van der Waals surface area contributed by atoms with Crippen LogP contribution >= 0.6 is 12.2 Å². The molecule has 0 unspecified atom stereocenters. The van der Waals surface area contributed by atoms with Gasteiger partial charge >= 0.3 is 0 Å². The zero-order valence-electron chi connectivity index (χ0n) is 10.7. The van der Waals surface area contributed by atoms with Crippen molar-refractivity contribution >= 4 is 23.0 Å². The van der Waals surface area contributed by atoms with Gasteiger partial charge in [0.1, 0.15) is 11.6 Å². The Balaban J connectivity index is 1.95. The molecular weight excluding hydrogens is 263 g/mol. The van der Waals surface area contributed by atoms with Crippen molar-refractivity contribution < 1.29 is 8.81 Å². The molecule has 100 valence electrons. The molecule has 0 amide bonds. The van der Waals surface area contributed by atoms with Gasteiger partial charge in [-0.05, 0) is 55.9 Å². The Morgan fingerprint density at radius 3 is 2.79 bits per heavy atom. The van der Waals surface area contributed by atoms with Crippen LogP contribution in [0.25, 0.3) is 0 Å². The van der Waals surface area contributed by atoms with Crippen molar-refractivity contribution in [3.8, 4) is 0 Å². The normalized spacial score (nSPS) is 11.9. The molecule has 0 aliphatic heterocycles. The van der Waals surface area contributed by atoms with Crippen LogP contribution in [0.1, 0.15) is 24.3 Å². The molecule has 2 N–H and O–H groups in total. The van der Waals surface area contributed by atoms with Gasteiger partial charge in [-0.3, -0.25) is 0 Å². The first-order valence-electron chi connectivity index (χ1n) is 5.93. The van der Waals surface area contributed by atoms with Crippen LogP contribution in [-0.4, -0.2) is 5.11 Å². The fourth-order valence-corrected chi connectivity index (χ4v) is 1.94. The summed E-state index contributed by atoms with van der Waals surface area (Å²) in [5.41, 5.74) is 1.22. The van der Waals surface area contributed by atoms with Gasteiger partial charge in [-0.1, -0.05) is 6.07 Å². The monoisotopic (exact) mass is 278 g/mol. The van der Waals surface area contributed by atoms with Crippen LogP contribution in [0.3, 0.4) is 0 Å². The zero-order valence-corrected chi connectivity index (χ0v) is 11.6. The number of furan rings is 1. The van der Waals surface area contributed by atoms with Crippen molar-refractivity contribution in [2.24, 2.45) is 0 Å². The van der Waals surface area contributed by atoms with Crippen molar-refractivity contribution in [1.29, 1.82) is 0 Å². The van der Waals surface area contributed by atoms with Crippen molar-refractivity contribution in [3.05, 3.63) is 53.7 Å². The third-order valence-electron chi connectivity index (χ3n) is 2.75. The SMILES string of the molecule is Cc1ccc(NC(=S)N[C@H](C)c2ccco2)cc1F. The van der Waals surface area contributed by atoms with E-state index in [-0.39, 0.29) is 11.9 Å². The molecule has 1 aromatic heterocycles. The maximum absolute atomic E-state index is 13.4. The van der Waals surface area contributed by atoms with Gasteiger partial charge in [-0.15, -0.1) is 0 Å². The lowest BCUT2D eigenvalue weighted by atomic mass is 10.2. The van der Waals surface area contributed by atoms with Crippen LogP contribution in [-0.2, 0) is 0 Å². The lowest BCUT2D eigenvalue weighted by Gasteiger charge is -2.15. The fourth-order valence-electron chi connectivity index (χ4n) is 1.64. The van der Waals surface area contributed by atoms with Crippen LogP contribution in [0.5, 0.6) is 0 Å². The Morgan fingerprint density at radius 1 is 1.37 bits per heavy atom. The quantitative estimate of drug-likeness (QED) is 0.838. The Bertz CT molecular complexity index is 569. The number of benzene rings is 1. The standard InChI is InChI=1S/C14H15FN2OS/c1-9-5-6-11(8-12(9)15)17-14(19)16-10(2)13-4-3-7-18-13/h3-8,10H,1-2H3,(H2,16,17,19)/t10-/m1/s1. The minimum absolute atomic E-state index is 0.0507. The van der Waals surface area contributed by atoms with Gasteiger partial charge in [0.2, 0.25) is 0 Å². The molecular formula is C14H15FN2OS. The number of rotatable bonds is 3. The van der Waals surface area contributed by atoms with Gasteiger partial charge in [-0.2, -0.15) is 0 Å². The summed E-state index contributed by atoms with van der Waals surface area (Å²) in [5, 5.41) is 6.43. The third-order valence-corrected chi connectivity index (χ3v) is 2.97. The third kappa shape index (κ3) is 3.54. The minimum atomic E-state index is -0.258. The highest BCUT2D eigenvalue weighted by molar-refractivity contribution is 7.80. The number of thiocarbonyl (C=S) groups is 1. The van der Waals surface area contributed by atoms with E-state index in [2.05, 4.69) is 10.6 Å². The van der Waals surface area contributed by atoms with Crippen LogP contribution in [0.4, 0.5) is 10.1 Å². The molecule has 0 spiro atoms. The molecule has 0 saturated heterocycles. The van der Waals surface area contributed by atoms with E-state index in [1.54, 1.807) is 25.3 Å². The highest BCUT2D eigenvalue weighted by Crippen LogP contribution is 2.15. The fraction of sp³-hybridized carbons (Fsp3) is 0.214. The summed E-state index contributed by atoms with van der Waals surface area (Å²) in [7, 11) is 0. The maximum atomic E-state index is 13.4. The predicted octanol–water partition coefficient (Wildman–Crippen LogP) is 3.77. The number of anilines is 1. The van der Waals surface area contributed by atoms with E-state index in [1.807, 2.05) is 19.1 Å². The topological polar surface area (TPSA) is 37.2 Å². The average molecular weight is 278 g/mol. The number of hydrogen-bond acceptors (Lipinski definition) is 2. The Hall–Kier alpha value is -1.88. The van der Waals surface area contributed by atoms with E-state index in [0.29, 0.717) is 16.4 Å². The molecule has 1 aromatic carbocycles. The molecule has 5 heteroatoms. The van der Waals surface area contributed by atoms with Gasteiger partial charge in [-0.25, -0.2) is 4.39 Å². The van der Waals surface area contributed by atoms with Crippen molar-refractivity contribution in [1.82, 2.24) is 5.32 Å². The second kappa shape index (κ2) is 5.84. The number of hydrogen-bond donors (Lipinski definition) is 2. The second-order valence-electron chi connectivity index (χ2n) is 4.30. The first-order valence-corrected chi connectivity index (χ1v) is 6.34. The second-order valence-corrected chi connectivity index (χ2v) is 4.71. The lowest BCUT2D eigenvalue weighted by Crippen LogP contribution is -2.30. The lowest BCUT2D eigenvalue weighted by molar-refractivity contribution is 0.464. The van der Waals surface area contributed by atoms with E-state index in [4.69, 9.17) is 16.6 Å². The molecule has 0 fully saturated rings. The van der Waals surface area contributed by atoms with Crippen molar-refractivity contribution in [3.63, 3.8) is 0 Å². The summed E-state index contributed by atoms with van der Waals surface area (Å²) in [4.78, 5) is 0. The van der Waals surface area contributed by atoms with Crippen molar-refractivity contribution in [2.45, 2.75) is 19.9 Å². The van der Waals surface area contributed by atoms with Crippen LogP contribution in [0.2, 0.25) is 0 Å². The summed E-state index contributed by atoms with van der Waals surface area (Å²) in [6.45, 7) is 3.65. The highest BCUT2D eigenvalue weighted by Gasteiger charge is 2.09. The molecule has 1 atom stereocenters. The Kier molecular flexibility index (Phi) is 4.16. The average Bonchev–Trinajstić information content (AvgIpc) is 2.87. The predicted molar refractivity (Wildman–Crippen MR) is 77.6 cm³/mol. The van der Waals surface area contributed by atoms with E-state index < -0.39 is 0 Å². The molecule has 0 aliphatic carbocycles. The van der Waals surface area contributed by atoms with E-state index >= 15 is 0 Å². The van der Waals surface area contributed by atoms with Gasteiger partial charge in [0, 0.05) is 5.69 Å². The van der Waals surface area contributed by atoms with Gasteiger partial charge in [0.15, 0.2) is 5.11 Å². The van der Waals surface area contributed by atoms with Gasteiger partial charge in [0.05, 0.1) is 12.3 Å². The zero-order chi connectivity index (χ0) is 13.8. The number of halogens is 1. The Labute approximate surface area is 116 Å². The Morgan fingerprint density at radius 2 is 2.16 bits per heavy atom. The molecule has 3 nitrogen and oxygen atoms in total. The van der Waals surface area contributed by atoms with Crippen LogP contribution in [0, 0.1) is 12.7 Å². The first-order chi connectivity index (χ1) is 9.06. The summed E-state index contributed by atoms with van der Waals surface area (Å²) < 4.78 is 18.7. The number of nitrogens with one attached hydrogen (secondary N) is 2. The highest BCUT2D eigenvalue weighted by atomic mass is 32.1. The summed E-state index contributed by atoms with van der Waals surface area (Å²) >= 11 is 5.18. The molecule has 2 rings (SSSR count). The molecule has 2 aromatic rings. The van der Waals surface area contributed by atoms with E-state index in [9.17, 15) is 4.39 Å². The largest absolute Gasteiger partial charge is 0.467 e. The molecule has 0 saturated carbocycles. The van der Waals surface area contributed by atoms with Gasteiger partial charge < -0.3 is 15.1 Å². The summed E-state index contributed by atoms with van der Waals surface area (Å²) in [6.07, 6.45) is 1.61. The maximum Gasteiger partial charge on any atom is 0.171 e. The molecule has 1 heterocycles. The molecule has 0 aliphatic rings. The molecule has 0 radical (unpaired) electrons. The van der Waals surface area contributed by atoms with E-state index in [1.165, 1.54) is 6.07 Å². The van der Waals surface area contributed by atoms with Crippen molar-refractivity contribution in [2.75, 3.05) is 5.32 Å². The first kappa shape index (κ1) is 13.5. The van der Waals surface area contributed by atoms with Crippen LogP contribution in [0.15, 0.2) is 41.0 Å². The van der Waals surface area contributed by atoms with E-state index in [0.717, 1.165) is 5.76 Å². The van der Waals surface area contributed by atoms with Gasteiger partial charge in [0.25, 0.3) is 0 Å².